The molecule has 0 bridgehead atoms. The first-order valence-corrected chi connectivity index (χ1v) is 13.2. The number of hydrogen-bond acceptors (Lipinski definition) is 4. The van der Waals surface area contributed by atoms with E-state index in [1.54, 1.807) is 0 Å². The van der Waals surface area contributed by atoms with Gasteiger partial charge in [0.1, 0.15) is 6.04 Å². The summed E-state index contributed by atoms with van der Waals surface area (Å²) in [7, 11) is 0. The monoisotopic (exact) mass is 464 g/mol. The van der Waals surface area contributed by atoms with E-state index in [1.165, 1.54) is 69.7 Å². The van der Waals surface area contributed by atoms with Crippen molar-refractivity contribution in [3.05, 3.63) is 36.4 Å². The van der Waals surface area contributed by atoms with Gasteiger partial charge >= 0.3 is 0 Å². The SMILES string of the molecule is CCCCCCCCCCCCn1cc(-c2noc(C3CCCN3C(=N)N)n2)c2ccccc21. The van der Waals surface area contributed by atoms with Crippen molar-refractivity contribution in [3.8, 4) is 11.4 Å². The predicted molar refractivity (Wildman–Crippen MR) is 138 cm³/mol. The minimum atomic E-state index is -0.0984. The number of nitrogens with two attached hydrogens (primary N) is 1. The van der Waals surface area contributed by atoms with E-state index in [4.69, 9.17) is 20.7 Å². The molecule has 7 nitrogen and oxygen atoms in total. The molecule has 0 aliphatic carbocycles. The molecule has 34 heavy (non-hydrogen) atoms. The number of aryl methyl sites for hydroxylation is 1. The summed E-state index contributed by atoms with van der Waals surface area (Å²) in [5.74, 6) is 1.23. The van der Waals surface area contributed by atoms with Crippen LogP contribution in [0, 0.1) is 5.41 Å². The predicted octanol–water partition coefficient (Wildman–Crippen LogP) is 6.64. The third kappa shape index (κ3) is 5.80. The standard InChI is InChI=1S/C27H40N6O/c1-2-3-4-5-6-7-8-9-10-13-18-32-20-22(21-15-11-12-16-23(21)32)25-30-26(34-31-25)24-17-14-19-33(24)27(28)29/h11-12,15-16,20,24H,2-10,13-14,17-19H2,1H3,(H3,28,29). The van der Waals surface area contributed by atoms with E-state index in [0.29, 0.717) is 11.7 Å². The summed E-state index contributed by atoms with van der Waals surface area (Å²) in [4.78, 5) is 6.57. The number of fused-ring (bicyclic) bond motifs is 1. The van der Waals surface area contributed by atoms with Crippen molar-refractivity contribution in [3.63, 3.8) is 0 Å². The molecule has 1 aliphatic heterocycles. The Morgan fingerprint density at radius 3 is 2.50 bits per heavy atom. The van der Waals surface area contributed by atoms with Crippen LogP contribution in [-0.4, -0.2) is 32.1 Å². The molecule has 0 saturated carbocycles. The first kappa shape index (κ1) is 24.3. The number of unbranched alkanes of at least 4 members (excludes halogenated alkanes) is 9. The molecule has 0 radical (unpaired) electrons. The highest BCUT2D eigenvalue weighted by Gasteiger charge is 2.32. The Balaban J connectivity index is 1.35. The number of benzene rings is 1. The lowest BCUT2D eigenvalue weighted by molar-refractivity contribution is 0.283. The number of guanidine groups is 1. The number of aromatic nitrogens is 3. The smallest absolute Gasteiger partial charge is 0.249 e. The zero-order valence-electron chi connectivity index (χ0n) is 20.6. The van der Waals surface area contributed by atoms with Crippen molar-refractivity contribution in [2.24, 2.45) is 5.73 Å². The molecule has 1 saturated heterocycles. The molecule has 0 spiro atoms. The second kappa shape index (κ2) is 12.0. The fraction of sp³-hybridized carbons (Fsp3) is 0.593. The molecule has 3 aromatic rings. The molecule has 7 heteroatoms. The van der Waals surface area contributed by atoms with Gasteiger partial charge in [0.15, 0.2) is 5.96 Å². The van der Waals surface area contributed by atoms with E-state index in [0.717, 1.165) is 36.9 Å². The summed E-state index contributed by atoms with van der Waals surface area (Å²) in [5, 5.41) is 13.3. The second-order valence-electron chi connectivity index (χ2n) is 9.63. The molecule has 4 rings (SSSR count). The third-order valence-electron chi connectivity index (χ3n) is 7.07. The average molecular weight is 465 g/mol. The molecule has 184 valence electrons. The molecular weight excluding hydrogens is 424 g/mol. The summed E-state index contributed by atoms with van der Waals surface area (Å²) in [6, 6.07) is 8.36. The van der Waals surface area contributed by atoms with Crippen LogP contribution in [0.4, 0.5) is 0 Å². The lowest BCUT2D eigenvalue weighted by Gasteiger charge is -2.21. The maximum absolute atomic E-state index is 7.82. The lowest BCUT2D eigenvalue weighted by atomic mass is 10.1. The quantitative estimate of drug-likeness (QED) is 0.168. The van der Waals surface area contributed by atoms with Gasteiger partial charge in [-0.2, -0.15) is 4.98 Å². The Bertz CT molecular complexity index is 1050. The largest absolute Gasteiger partial charge is 0.370 e. The van der Waals surface area contributed by atoms with Crippen LogP contribution in [0.1, 0.15) is 95.9 Å². The van der Waals surface area contributed by atoms with Crippen LogP contribution < -0.4 is 5.73 Å². The fourth-order valence-electron chi connectivity index (χ4n) is 5.17. The summed E-state index contributed by atoms with van der Waals surface area (Å²) in [6.45, 7) is 4.04. The highest BCUT2D eigenvalue weighted by Crippen LogP contribution is 2.34. The van der Waals surface area contributed by atoms with Gasteiger partial charge in [-0.25, -0.2) is 0 Å². The van der Waals surface area contributed by atoms with Gasteiger partial charge in [-0.1, -0.05) is 88.1 Å². The van der Waals surface area contributed by atoms with Crippen molar-refractivity contribution >= 4 is 16.9 Å². The topological polar surface area (TPSA) is 97.0 Å². The summed E-state index contributed by atoms with van der Waals surface area (Å²) in [6.07, 6.45) is 17.4. The van der Waals surface area contributed by atoms with Gasteiger partial charge in [-0.15, -0.1) is 0 Å². The van der Waals surface area contributed by atoms with Crippen LogP contribution in [0.15, 0.2) is 35.0 Å². The molecule has 3 N–H and O–H groups in total. The van der Waals surface area contributed by atoms with E-state index in [1.807, 2.05) is 4.90 Å². The second-order valence-corrected chi connectivity index (χ2v) is 9.63. The van der Waals surface area contributed by atoms with Crippen molar-refractivity contribution < 1.29 is 4.52 Å². The molecular formula is C27H40N6O. The Labute approximate surface area is 203 Å². The molecule has 1 atom stereocenters. The van der Waals surface area contributed by atoms with E-state index in [2.05, 4.69) is 47.1 Å². The first-order chi connectivity index (χ1) is 16.7. The van der Waals surface area contributed by atoms with Crippen molar-refractivity contribution in [2.45, 2.75) is 96.6 Å². The number of likely N-dealkylation sites (tertiary alicyclic amines) is 1. The highest BCUT2D eigenvalue weighted by molar-refractivity contribution is 5.94. The summed E-state index contributed by atoms with van der Waals surface area (Å²) >= 11 is 0. The van der Waals surface area contributed by atoms with Gasteiger partial charge in [0.05, 0.1) is 0 Å². The Morgan fingerprint density at radius 1 is 1.06 bits per heavy atom. The lowest BCUT2D eigenvalue weighted by Crippen LogP contribution is -2.35. The maximum atomic E-state index is 7.82. The van der Waals surface area contributed by atoms with Gasteiger partial charge in [0, 0.05) is 35.8 Å². The van der Waals surface area contributed by atoms with Crippen LogP contribution >= 0.6 is 0 Å². The van der Waals surface area contributed by atoms with Crippen LogP contribution in [0.2, 0.25) is 0 Å². The van der Waals surface area contributed by atoms with Crippen LogP contribution in [-0.2, 0) is 6.54 Å². The minimum Gasteiger partial charge on any atom is -0.370 e. The summed E-state index contributed by atoms with van der Waals surface area (Å²) < 4.78 is 7.98. The first-order valence-electron chi connectivity index (χ1n) is 13.2. The number of rotatable bonds is 13. The Hall–Kier alpha value is -2.83. The normalized spacial score (nSPS) is 16.0. The fourth-order valence-corrected chi connectivity index (χ4v) is 5.17. The van der Waals surface area contributed by atoms with Crippen LogP contribution in [0.5, 0.6) is 0 Å². The number of para-hydroxylation sites is 1. The molecule has 1 aromatic carbocycles. The molecule has 3 heterocycles. The van der Waals surface area contributed by atoms with Crippen LogP contribution in [0.3, 0.4) is 0 Å². The highest BCUT2D eigenvalue weighted by atomic mass is 16.5. The Kier molecular flexibility index (Phi) is 8.61. The summed E-state index contributed by atoms with van der Waals surface area (Å²) in [5.41, 5.74) is 7.96. The van der Waals surface area contributed by atoms with E-state index in [-0.39, 0.29) is 12.0 Å². The molecule has 2 aromatic heterocycles. The van der Waals surface area contributed by atoms with Crippen molar-refractivity contribution in [1.29, 1.82) is 5.41 Å². The van der Waals surface area contributed by atoms with E-state index >= 15 is 0 Å². The van der Waals surface area contributed by atoms with Crippen molar-refractivity contribution in [2.75, 3.05) is 6.54 Å². The molecule has 1 fully saturated rings. The minimum absolute atomic E-state index is 0.0651. The van der Waals surface area contributed by atoms with E-state index in [9.17, 15) is 0 Å². The van der Waals surface area contributed by atoms with E-state index < -0.39 is 0 Å². The molecule has 1 aliphatic rings. The van der Waals surface area contributed by atoms with Gasteiger partial charge in [0.25, 0.3) is 0 Å². The number of nitrogens with zero attached hydrogens (tertiary/aromatic N) is 4. The zero-order valence-corrected chi connectivity index (χ0v) is 20.6. The van der Waals surface area contributed by atoms with Crippen LogP contribution in [0.25, 0.3) is 22.3 Å². The molecule has 1 unspecified atom stereocenters. The Morgan fingerprint density at radius 2 is 1.76 bits per heavy atom. The third-order valence-corrected chi connectivity index (χ3v) is 7.07. The van der Waals surface area contributed by atoms with Crippen molar-refractivity contribution in [1.82, 2.24) is 19.6 Å². The maximum Gasteiger partial charge on any atom is 0.249 e. The van der Waals surface area contributed by atoms with Gasteiger partial charge < -0.3 is 19.7 Å². The van der Waals surface area contributed by atoms with Gasteiger partial charge in [0.2, 0.25) is 11.7 Å². The number of hydrogen-bond donors (Lipinski definition) is 2. The average Bonchev–Trinajstić information content (AvgIpc) is 3.58. The zero-order chi connectivity index (χ0) is 23.8. The number of nitrogens with one attached hydrogen (secondary N) is 1. The molecule has 0 amide bonds. The van der Waals surface area contributed by atoms with Gasteiger partial charge in [-0.3, -0.25) is 5.41 Å². The van der Waals surface area contributed by atoms with Gasteiger partial charge in [-0.05, 0) is 25.3 Å².